The van der Waals surface area contributed by atoms with Gasteiger partial charge in [-0.2, -0.15) is 0 Å². The minimum Gasteiger partial charge on any atom is -0.334 e. The van der Waals surface area contributed by atoms with Gasteiger partial charge in [0, 0.05) is 24.8 Å². The van der Waals surface area contributed by atoms with Crippen LogP contribution >= 0.6 is 0 Å². The normalized spacial score (nSPS) is 21.4. The van der Waals surface area contributed by atoms with Crippen LogP contribution in [-0.2, 0) is 9.84 Å². The minimum absolute atomic E-state index is 0.0461. The Morgan fingerprint density at radius 1 is 1.53 bits per heavy atom. The summed E-state index contributed by atoms with van der Waals surface area (Å²) in [6, 6.07) is 2.93. The maximum absolute atomic E-state index is 12.0. The molecule has 5 nitrogen and oxygen atoms in total. The largest absolute Gasteiger partial charge is 0.334 e. The third-order valence-electron chi connectivity index (χ3n) is 2.64. The van der Waals surface area contributed by atoms with Gasteiger partial charge in [-0.05, 0) is 18.2 Å². The topological polar surface area (TPSA) is 67.3 Å². The fourth-order valence-corrected chi connectivity index (χ4v) is 2.99. The quantitative estimate of drug-likeness (QED) is 0.767. The highest BCUT2D eigenvalue weighted by Crippen LogP contribution is 2.15. The van der Waals surface area contributed by atoms with Crippen molar-refractivity contribution < 1.29 is 13.2 Å². The van der Waals surface area contributed by atoms with E-state index < -0.39 is 15.9 Å². The Bertz CT molecular complexity index is 551. The van der Waals surface area contributed by atoms with E-state index in [0.717, 1.165) is 5.41 Å². The maximum atomic E-state index is 12.0. The lowest BCUT2D eigenvalue weighted by Gasteiger charge is -2.22. The highest BCUT2D eigenvalue weighted by atomic mass is 32.2. The first-order valence-electron chi connectivity index (χ1n) is 5.08. The molecule has 0 unspecified atom stereocenters. The Morgan fingerprint density at radius 3 is 2.82 bits per heavy atom. The molecule has 1 aliphatic heterocycles. The summed E-state index contributed by atoms with van der Waals surface area (Å²) >= 11 is 0. The monoisotopic (exact) mass is 252 g/mol. The van der Waals surface area contributed by atoms with Crippen molar-refractivity contribution in [2.75, 3.05) is 12.8 Å². The fraction of sp³-hybridized carbons (Fsp3) is 0.273. The van der Waals surface area contributed by atoms with Gasteiger partial charge in [0.05, 0.1) is 17.4 Å². The van der Waals surface area contributed by atoms with Gasteiger partial charge >= 0.3 is 0 Å². The van der Waals surface area contributed by atoms with E-state index in [-0.39, 0.29) is 11.7 Å². The predicted molar refractivity (Wildman–Crippen MR) is 63.0 cm³/mol. The molecule has 0 spiro atoms. The van der Waals surface area contributed by atoms with E-state index in [1.165, 1.54) is 17.2 Å². The second-order valence-electron chi connectivity index (χ2n) is 3.88. The first-order valence-corrected chi connectivity index (χ1v) is 6.79. The fourth-order valence-electron chi connectivity index (χ4n) is 1.64. The zero-order valence-electron chi connectivity index (χ0n) is 9.28. The molecule has 0 saturated heterocycles. The van der Waals surface area contributed by atoms with Crippen LogP contribution in [0.3, 0.4) is 0 Å². The third kappa shape index (κ3) is 2.52. The van der Waals surface area contributed by atoms with Gasteiger partial charge in [0.25, 0.3) is 5.91 Å². The SMILES string of the molecule is CN(C(=O)c1cccnc1)[C@@H]1C=CS(=O)(=O)C1. The number of likely N-dealkylation sites (N-methyl/N-ethyl adjacent to an activating group) is 1. The molecular weight excluding hydrogens is 240 g/mol. The smallest absolute Gasteiger partial charge is 0.255 e. The van der Waals surface area contributed by atoms with Crippen LogP contribution in [0.2, 0.25) is 0 Å². The molecule has 1 aromatic heterocycles. The Balaban J connectivity index is 2.15. The van der Waals surface area contributed by atoms with Gasteiger partial charge in [0.15, 0.2) is 9.84 Å². The number of aromatic nitrogens is 1. The summed E-state index contributed by atoms with van der Waals surface area (Å²) in [6.07, 6.45) is 4.58. The number of amides is 1. The molecule has 2 rings (SSSR count). The van der Waals surface area contributed by atoms with E-state index in [1.54, 1.807) is 25.4 Å². The van der Waals surface area contributed by atoms with Crippen molar-refractivity contribution in [3.63, 3.8) is 0 Å². The number of rotatable bonds is 2. The van der Waals surface area contributed by atoms with Crippen LogP contribution in [0.5, 0.6) is 0 Å². The third-order valence-corrected chi connectivity index (χ3v) is 4.02. The Labute approximate surface area is 99.7 Å². The molecule has 0 fully saturated rings. The molecule has 0 saturated carbocycles. The number of hydrogen-bond acceptors (Lipinski definition) is 4. The molecule has 0 aromatic carbocycles. The van der Waals surface area contributed by atoms with Crippen molar-refractivity contribution in [3.05, 3.63) is 41.6 Å². The number of sulfone groups is 1. The molecule has 6 heteroatoms. The number of carbonyl (C=O) groups is 1. The summed E-state index contributed by atoms with van der Waals surface area (Å²) in [5.74, 6) is -0.278. The standard InChI is InChI=1S/C11H12N2O3S/c1-13(10-4-6-17(15,16)8-10)11(14)9-3-2-5-12-7-9/h2-7,10H,8H2,1H3/t10-/m1/s1. The molecule has 2 heterocycles. The van der Waals surface area contributed by atoms with E-state index in [0.29, 0.717) is 5.56 Å². The average molecular weight is 252 g/mol. The molecule has 1 aliphatic rings. The highest BCUT2D eigenvalue weighted by molar-refractivity contribution is 7.94. The lowest BCUT2D eigenvalue weighted by molar-refractivity contribution is 0.0772. The van der Waals surface area contributed by atoms with E-state index in [2.05, 4.69) is 4.98 Å². The van der Waals surface area contributed by atoms with Gasteiger partial charge in [-0.25, -0.2) is 8.42 Å². The van der Waals surface area contributed by atoms with Crippen molar-refractivity contribution in [2.24, 2.45) is 0 Å². The van der Waals surface area contributed by atoms with Crippen LogP contribution in [-0.4, -0.2) is 43.1 Å². The Kier molecular flexibility index (Phi) is 2.97. The maximum Gasteiger partial charge on any atom is 0.255 e. The number of pyridine rings is 1. The van der Waals surface area contributed by atoms with E-state index in [9.17, 15) is 13.2 Å². The molecule has 1 amide bonds. The minimum atomic E-state index is -3.15. The molecule has 0 bridgehead atoms. The van der Waals surface area contributed by atoms with Crippen LogP contribution in [0.15, 0.2) is 36.0 Å². The van der Waals surface area contributed by atoms with E-state index in [4.69, 9.17) is 0 Å². The van der Waals surface area contributed by atoms with Crippen molar-refractivity contribution >= 4 is 15.7 Å². The molecule has 1 atom stereocenters. The Morgan fingerprint density at radius 2 is 2.29 bits per heavy atom. The molecule has 90 valence electrons. The second kappa shape index (κ2) is 4.29. The highest BCUT2D eigenvalue weighted by Gasteiger charge is 2.28. The molecular formula is C11H12N2O3S. The van der Waals surface area contributed by atoms with E-state index in [1.807, 2.05) is 0 Å². The first-order chi connectivity index (χ1) is 7.99. The van der Waals surface area contributed by atoms with Gasteiger partial charge in [-0.1, -0.05) is 0 Å². The molecule has 0 N–H and O–H groups in total. The second-order valence-corrected chi connectivity index (χ2v) is 5.81. The van der Waals surface area contributed by atoms with Crippen molar-refractivity contribution in [1.29, 1.82) is 0 Å². The summed E-state index contributed by atoms with van der Waals surface area (Å²) in [5, 5.41) is 1.16. The van der Waals surface area contributed by atoms with Crippen LogP contribution in [0.25, 0.3) is 0 Å². The van der Waals surface area contributed by atoms with Gasteiger partial charge in [0.2, 0.25) is 0 Å². The predicted octanol–water partition coefficient (Wildman–Crippen LogP) is 0.464. The zero-order valence-corrected chi connectivity index (χ0v) is 10.1. The van der Waals surface area contributed by atoms with E-state index >= 15 is 0 Å². The summed E-state index contributed by atoms with van der Waals surface area (Å²) in [6.45, 7) is 0. The lowest BCUT2D eigenvalue weighted by Crippen LogP contribution is -2.37. The molecule has 0 aliphatic carbocycles. The van der Waals surface area contributed by atoms with Crippen molar-refractivity contribution in [2.45, 2.75) is 6.04 Å². The van der Waals surface area contributed by atoms with Crippen LogP contribution in [0, 0.1) is 0 Å². The number of nitrogens with zero attached hydrogens (tertiary/aromatic N) is 2. The molecule has 0 radical (unpaired) electrons. The summed E-state index contributed by atoms with van der Waals surface area (Å²) < 4.78 is 22.5. The lowest BCUT2D eigenvalue weighted by atomic mass is 10.2. The van der Waals surface area contributed by atoms with Gasteiger partial charge in [0.1, 0.15) is 0 Å². The Hall–Kier alpha value is -1.69. The number of carbonyl (C=O) groups excluding carboxylic acids is 1. The van der Waals surface area contributed by atoms with Crippen LogP contribution in [0.1, 0.15) is 10.4 Å². The van der Waals surface area contributed by atoms with Crippen LogP contribution < -0.4 is 0 Å². The van der Waals surface area contributed by atoms with Crippen LogP contribution in [0.4, 0.5) is 0 Å². The van der Waals surface area contributed by atoms with Gasteiger partial charge in [-0.3, -0.25) is 9.78 Å². The first kappa shape index (κ1) is 11.8. The van der Waals surface area contributed by atoms with Crippen molar-refractivity contribution in [3.8, 4) is 0 Å². The van der Waals surface area contributed by atoms with Gasteiger partial charge in [-0.15, -0.1) is 0 Å². The molecule has 1 aromatic rings. The molecule has 17 heavy (non-hydrogen) atoms. The average Bonchev–Trinajstić information content (AvgIpc) is 2.69. The summed E-state index contributed by atoms with van der Waals surface area (Å²) in [5.41, 5.74) is 0.452. The number of hydrogen-bond donors (Lipinski definition) is 0. The zero-order chi connectivity index (χ0) is 12.5. The van der Waals surface area contributed by atoms with Gasteiger partial charge < -0.3 is 4.90 Å². The summed E-state index contributed by atoms with van der Waals surface area (Å²) in [7, 11) is -1.56. The van der Waals surface area contributed by atoms with Crippen molar-refractivity contribution in [1.82, 2.24) is 9.88 Å². The summed E-state index contributed by atoms with van der Waals surface area (Å²) in [4.78, 5) is 17.3.